The number of piperidine rings is 1. The molecule has 1 fully saturated rings. The highest BCUT2D eigenvalue weighted by Crippen LogP contribution is 2.25. The van der Waals surface area contributed by atoms with E-state index >= 15 is 0 Å². The number of para-hydroxylation sites is 1. The van der Waals surface area contributed by atoms with Crippen molar-refractivity contribution in [3.63, 3.8) is 0 Å². The molecule has 8 heteroatoms. The number of ether oxygens (including phenoxy) is 1. The first-order valence-corrected chi connectivity index (χ1v) is 11.1. The van der Waals surface area contributed by atoms with E-state index < -0.39 is 0 Å². The van der Waals surface area contributed by atoms with Crippen molar-refractivity contribution in [3.05, 3.63) is 64.2 Å². The number of thiazole rings is 1. The maximum atomic E-state index is 12.9. The smallest absolute Gasteiger partial charge is 0.282 e. The number of methoxy groups -OCH3 is 1. The number of carbonyl (C=O) groups excluding carboxylic acids is 1. The molecule has 158 valence electrons. The Hall–Kier alpha value is -3.26. The van der Waals surface area contributed by atoms with E-state index in [1.54, 1.807) is 36.2 Å². The summed E-state index contributed by atoms with van der Waals surface area (Å²) in [7, 11) is 1.59. The summed E-state index contributed by atoms with van der Waals surface area (Å²) in [6, 6.07) is 13.1. The van der Waals surface area contributed by atoms with Crippen molar-refractivity contribution in [2.45, 2.75) is 19.4 Å². The van der Waals surface area contributed by atoms with E-state index in [0.29, 0.717) is 47.2 Å². The Bertz CT molecular complexity index is 1290. The molecule has 2 aromatic heterocycles. The van der Waals surface area contributed by atoms with E-state index in [0.717, 1.165) is 23.1 Å². The molecule has 0 spiro atoms. The number of rotatable bonds is 4. The third-order valence-electron chi connectivity index (χ3n) is 5.87. The van der Waals surface area contributed by atoms with Gasteiger partial charge in [-0.15, -0.1) is 11.3 Å². The summed E-state index contributed by atoms with van der Waals surface area (Å²) in [5, 5.41) is 1.14. The van der Waals surface area contributed by atoms with Gasteiger partial charge in [0.15, 0.2) is 5.01 Å². The fourth-order valence-electron chi connectivity index (χ4n) is 4.09. The molecular formula is C23H22N4O3S. The van der Waals surface area contributed by atoms with Gasteiger partial charge < -0.3 is 9.64 Å². The van der Waals surface area contributed by atoms with Crippen LogP contribution in [0.15, 0.2) is 53.6 Å². The summed E-state index contributed by atoms with van der Waals surface area (Å²) in [6.07, 6.45) is 3.32. The standard InChI is InChI=1S/C23H22N4O3S/c1-30-16-6-7-17-19(12-16)24-14-27(22(17)28)13-15-8-10-26(11-9-15)23(29)21-25-18-4-2-3-5-20(18)31-21/h2-7,12,14-15H,8-11,13H2,1H3. The number of amides is 1. The van der Waals surface area contributed by atoms with Crippen LogP contribution in [0.25, 0.3) is 21.1 Å². The van der Waals surface area contributed by atoms with Crippen molar-refractivity contribution in [3.8, 4) is 5.75 Å². The fourth-order valence-corrected chi connectivity index (χ4v) is 5.02. The van der Waals surface area contributed by atoms with Crippen LogP contribution in [0.5, 0.6) is 5.75 Å². The molecule has 2 aromatic carbocycles. The molecule has 1 amide bonds. The van der Waals surface area contributed by atoms with Crippen LogP contribution in [0.1, 0.15) is 22.6 Å². The molecule has 0 bridgehead atoms. The van der Waals surface area contributed by atoms with Crippen LogP contribution >= 0.6 is 11.3 Å². The highest BCUT2D eigenvalue weighted by atomic mass is 32.1. The van der Waals surface area contributed by atoms with Gasteiger partial charge in [0.1, 0.15) is 5.75 Å². The Morgan fingerprint density at radius 1 is 1.16 bits per heavy atom. The Morgan fingerprint density at radius 2 is 1.97 bits per heavy atom. The van der Waals surface area contributed by atoms with E-state index in [1.165, 1.54) is 11.3 Å². The molecule has 1 aliphatic heterocycles. The summed E-state index contributed by atoms with van der Waals surface area (Å²) in [6.45, 7) is 1.95. The van der Waals surface area contributed by atoms with Crippen LogP contribution < -0.4 is 10.3 Å². The zero-order chi connectivity index (χ0) is 21.4. The number of hydrogen-bond acceptors (Lipinski definition) is 6. The number of aromatic nitrogens is 3. The maximum Gasteiger partial charge on any atom is 0.282 e. The van der Waals surface area contributed by atoms with Gasteiger partial charge in [0.25, 0.3) is 11.5 Å². The zero-order valence-electron chi connectivity index (χ0n) is 17.2. The van der Waals surface area contributed by atoms with Gasteiger partial charge in [0.2, 0.25) is 0 Å². The topological polar surface area (TPSA) is 77.3 Å². The van der Waals surface area contributed by atoms with Crippen LogP contribution in [-0.2, 0) is 6.54 Å². The van der Waals surface area contributed by atoms with Gasteiger partial charge in [-0.3, -0.25) is 14.2 Å². The molecule has 0 unspecified atom stereocenters. The van der Waals surface area contributed by atoms with Crippen LogP contribution in [0.4, 0.5) is 0 Å². The maximum absolute atomic E-state index is 12.9. The van der Waals surface area contributed by atoms with E-state index in [-0.39, 0.29) is 11.5 Å². The Morgan fingerprint density at radius 3 is 2.74 bits per heavy atom. The normalized spacial score (nSPS) is 14.9. The Balaban J connectivity index is 1.26. The molecule has 1 saturated heterocycles. The van der Waals surface area contributed by atoms with Gasteiger partial charge in [0, 0.05) is 25.7 Å². The number of hydrogen-bond donors (Lipinski definition) is 0. The number of fused-ring (bicyclic) bond motifs is 2. The van der Waals surface area contributed by atoms with E-state index in [2.05, 4.69) is 9.97 Å². The second kappa shape index (κ2) is 8.11. The lowest BCUT2D eigenvalue weighted by Crippen LogP contribution is -2.40. The summed E-state index contributed by atoms with van der Waals surface area (Å²) in [4.78, 5) is 36.5. The summed E-state index contributed by atoms with van der Waals surface area (Å²) in [5.41, 5.74) is 1.46. The second-order valence-electron chi connectivity index (χ2n) is 7.81. The average molecular weight is 435 g/mol. The molecule has 0 saturated carbocycles. The van der Waals surface area contributed by atoms with Crippen molar-refractivity contribution >= 4 is 38.4 Å². The third-order valence-corrected chi connectivity index (χ3v) is 6.89. The van der Waals surface area contributed by atoms with Gasteiger partial charge in [-0.1, -0.05) is 12.1 Å². The highest BCUT2D eigenvalue weighted by molar-refractivity contribution is 7.20. The van der Waals surface area contributed by atoms with Crippen LogP contribution in [-0.4, -0.2) is 45.5 Å². The molecule has 1 aliphatic rings. The van der Waals surface area contributed by atoms with E-state index in [4.69, 9.17) is 4.74 Å². The SMILES string of the molecule is COc1ccc2c(=O)n(CC3CCN(C(=O)c4nc5ccccc5s4)CC3)cnc2c1. The predicted octanol–water partition coefficient (Wildman–Crippen LogP) is 3.57. The van der Waals surface area contributed by atoms with Gasteiger partial charge in [-0.05, 0) is 43.0 Å². The molecule has 0 aliphatic carbocycles. The monoisotopic (exact) mass is 434 g/mol. The average Bonchev–Trinajstić information content (AvgIpc) is 3.25. The van der Waals surface area contributed by atoms with E-state index in [1.807, 2.05) is 29.2 Å². The lowest BCUT2D eigenvalue weighted by Gasteiger charge is -2.31. The second-order valence-corrected chi connectivity index (χ2v) is 8.84. The van der Waals surface area contributed by atoms with Crippen molar-refractivity contribution in [1.29, 1.82) is 0 Å². The van der Waals surface area contributed by atoms with Crippen molar-refractivity contribution < 1.29 is 9.53 Å². The van der Waals surface area contributed by atoms with Gasteiger partial charge >= 0.3 is 0 Å². The molecule has 0 radical (unpaired) electrons. The minimum absolute atomic E-state index is 0.00173. The van der Waals surface area contributed by atoms with Crippen LogP contribution in [0.3, 0.4) is 0 Å². The lowest BCUT2D eigenvalue weighted by molar-refractivity contribution is 0.0682. The molecule has 7 nitrogen and oxygen atoms in total. The van der Waals surface area contributed by atoms with Crippen molar-refractivity contribution in [1.82, 2.24) is 19.4 Å². The minimum Gasteiger partial charge on any atom is -0.497 e. The molecule has 4 aromatic rings. The highest BCUT2D eigenvalue weighted by Gasteiger charge is 2.26. The van der Waals surface area contributed by atoms with Crippen LogP contribution in [0, 0.1) is 5.92 Å². The van der Waals surface area contributed by atoms with Crippen molar-refractivity contribution in [2.24, 2.45) is 5.92 Å². The Labute approximate surface area is 182 Å². The lowest BCUT2D eigenvalue weighted by atomic mass is 9.96. The first-order valence-electron chi connectivity index (χ1n) is 10.3. The number of benzene rings is 2. The third kappa shape index (κ3) is 3.79. The van der Waals surface area contributed by atoms with Gasteiger partial charge in [0.05, 0.1) is 34.6 Å². The first-order chi connectivity index (χ1) is 15.1. The van der Waals surface area contributed by atoms with Gasteiger partial charge in [-0.25, -0.2) is 9.97 Å². The molecule has 0 N–H and O–H groups in total. The zero-order valence-corrected chi connectivity index (χ0v) is 18.0. The summed E-state index contributed by atoms with van der Waals surface area (Å²) in [5.74, 6) is 1.01. The number of nitrogens with zero attached hydrogens (tertiary/aromatic N) is 4. The minimum atomic E-state index is -0.0411. The quantitative estimate of drug-likeness (QED) is 0.491. The molecule has 0 atom stereocenters. The number of carbonyl (C=O) groups is 1. The summed E-state index contributed by atoms with van der Waals surface area (Å²) < 4.78 is 7.92. The fraction of sp³-hybridized carbons (Fsp3) is 0.304. The van der Waals surface area contributed by atoms with Gasteiger partial charge in [-0.2, -0.15) is 0 Å². The largest absolute Gasteiger partial charge is 0.497 e. The first kappa shape index (κ1) is 19.7. The van der Waals surface area contributed by atoms with Crippen LogP contribution in [0.2, 0.25) is 0 Å². The Kier molecular flexibility index (Phi) is 5.15. The number of likely N-dealkylation sites (tertiary alicyclic amines) is 1. The summed E-state index contributed by atoms with van der Waals surface area (Å²) >= 11 is 1.44. The van der Waals surface area contributed by atoms with Crippen molar-refractivity contribution in [2.75, 3.05) is 20.2 Å². The predicted molar refractivity (Wildman–Crippen MR) is 121 cm³/mol. The molecule has 31 heavy (non-hydrogen) atoms. The molecule has 3 heterocycles. The molecule has 5 rings (SSSR count). The molecular weight excluding hydrogens is 412 g/mol. The van der Waals surface area contributed by atoms with E-state index in [9.17, 15) is 9.59 Å².